The maximum absolute atomic E-state index is 12.2. The molecule has 0 amide bonds. The first kappa shape index (κ1) is 26.3. The molecule has 0 atom stereocenters. The van der Waals surface area contributed by atoms with E-state index in [2.05, 4.69) is 41.8 Å². The zero-order valence-electron chi connectivity index (χ0n) is 17.1. The molecule has 0 saturated carbocycles. The van der Waals surface area contributed by atoms with Crippen LogP contribution in [0.15, 0.2) is 114 Å². The van der Waals surface area contributed by atoms with Crippen molar-refractivity contribution in [2.45, 2.75) is 19.6 Å². The van der Waals surface area contributed by atoms with E-state index in [1.54, 1.807) is 24.3 Å². The van der Waals surface area contributed by atoms with Crippen LogP contribution in [-0.4, -0.2) is 26.8 Å². The smallest absolute Gasteiger partial charge is 0.208 e. The molecule has 4 rings (SSSR count). The number of halogens is 3. The highest BCUT2D eigenvalue weighted by Gasteiger charge is 2.18. The van der Waals surface area contributed by atoms with Crippen molar-refractivity contribution < 1.29 is 16.8 Å². The van der Waals surface area contributed by atoms with Gasteiger partial charge < -0.3 is 5.73 Å². The van der Waals surface area contributed by atoms with E-state index in [-0.39, 0.29) is 24.7 Å². The Labute approximate surface area is 219 Å². The largest absolute Gasteiger partial charge is 0.384 e. The van der Waals surface area contributed by atoms with Gasteiger partial charge in [0.2, 0.25) is 19.7 Å². The molecule has 0 radical (unpaired) electrons. The van der Waals surface area contributed by atoms with Gasteiger partial charge in [0.15, 0.2) is 0 Å². The van der Waals surface area contributed by atoms with Crippen LogP contribution >= 0.6 is 43.5 Å². The molecule has 12 heteroatoms. The van der Waals surface area contributed by atoms with Crippen LogP contribution in [0.1, 0.15) is 0 Å². The first-order valence-corrected chi connectivity index (χ1v) is 14.3. The third-order valence-corrected chi connectivity index (χ3v) is 9.12. The van der Waals surface area contributed by atoms with E-state index in [0.29, 0.717) is 5.82 Å². The lowest BCUT2D eigenvalue weighted by Gasteiger charge is -2.04. The quantitative estimate of drug-likeness (QED) is 0.288. The number of hydrogen-bond donors (Lipinski definition) is 1. The van der Waals surface area contributed by atoms with Crippen molar-refractivity contribution in [2.75, 3.05) is 5.73 Å². The Morgan fingerprint density at radius 1 is 0.588 bits per heavy atom. The number of rotatable bonds is 4. The van der Waals surface area contributed by atoms with Crippen LogP contribution < -0.4 is 5.73 Å². The van der Waals surface area contributed by atoms with Gasteiger partial charge in [-0.1, -0.05) is 43.5 Å². The molecule has 2 N–H and O–H groups in total. The van der Waals surface area contributed by atoms with E-state index in [9.17, 15) is 16.8 Å². The molecular weight excluding hydrogens is 630 g/mol. The second-order valence-electron chi connectivity index (χ2n) is 6.65. The van der Waals surface area contributed by atoms with Gasteiger partial charge in [0.05, 0.1) is 19.6 Å². The van der Waals surface area contributed by atoms with Crippen LogP contribution in [0.3, 0.4) is 0 Å². The van der Waals surface area contributed by atoms with E-state index in [1.807, 2.05) is 0 Å². The summed E-state index contributed by atoms with van der Waals surface area (Å²) in [4.78, 5) is 8.26. The lowest BCUT2D eigenvalue weighted by molar-refractivity contribution is 0.594. The summed E-state index contributed by atoms with van der Waals surface area (Å²) in [6.45, 7) is 0. The van der Waals surface area contributed by atoms with Crippen molar-refractivity contribution in [3.63, 3.8) is 0 Å². The predicted molar refractivity (Wildman–Crippen MR) is 137 cm³/mol. The van der Waals surface area contributed by atoms with Gasteiger partial charge in [0, 0.05) is 21.3 Å². The predicted octanol–water partition coefficient (Wildman–Crippen LogP) is 5.59. The minimum absolute atomic E-state index is 0.129. The molecule has 0 aliphatic heterocycles. The molecule has 2 heterocycles. The summed E-state index contributed by atoms with van der Waals surface area (Å²) < 4.78 is 50.3. The summed E-state index contributed by atoms with van der Waals surface area (Å²) in [6.07, 6.45) is 2.51. The molecule has 0 aliphatic carbocycles. The molecule has 4 aromatic rings. The fourth-order valence-electron chi connectivity index (χ4n) is 2.57. The van der Waals surface area contributed by atoms with E-state index in [1.165, 1.54) is 60.9 Å². The molecule has 176 valence electrons. The Bertz CT molecular complexity index is 1260. The summed E-state index contributed by atoms with van der Waals surface area (Å²) in [7, 11) is -7.03. The zero-order chi connectivity index (χ0) is 24.9. The lowest BCUT2D eigenvalue weighted by atomic mass is 10.4. The summed E-state index contributed by atoms with van der Waals surface area (Å²) in [5.41, 5.74) is 5.42. The lowest BCUT2D eigenvalue weighted by Crippen LogP contribution is -2.03. The molecule has 0 aliphatic rings. The number of anilines is 1. The molecule has 0 unspecified atom stereocenters. The van der Waals surface area contributed by atoms with E-state index >= 15 is 0 Å². The standard InChI is InChI=1S/C11H7BrClNO2S.C11H9BrN2O2S/c2*12-8-1-3-9(4-2-8)17(15,16)10-5-6-11(13)14-7-10/h1-7H;1-7H,(H2,13,14). The number of nitrogens with zero attached hydrogens (tertiary/aromatic N) is 2. The molecule has 2 aromatic carbocycles. The van der Waals surface area contributed by atoms with E-state index in [0.717, 1.165) is 8.95 Å². The van der Waals surface area contributed by atoms with Crippen LogP contribution in [-0.2, 0) is 19.7 Å². The number of pyridine rings is 2. The minimum atomic E-state index is -3.51. The number of hydrogen-bond acceptors (Lipinski definition) is 7. The number of benzene rings is 2. The number of sulfone groups is 2. The fraction of sp³-hybridized carbons (Fsp3) is 0. The number of aromatic nitrogens is 2. The SMILES string of the molecule is Nc1ccc(S(=O)(=O)c2ccc(Br)cc2)cn1.O=S(=O)(c1ccc(Br)cc1)c1ccc(Cl)nc1. The third kappa shape index (κ3) is 6.42. The van der Waals surface area contributed by atoms with Gasteiger partial charge in [0.25, 0.3) is 0 Å². The van der Waals surface area contributed by atoms with E-state index in [4.69, 9.17) is 17.3 Å². The maximum Gasteiger partial charge on any atom is 0.208 e. The fourth-order valence-corrected chi connectivity index (χ4v) is 5.62. The van der Waals surface area contributed by atoms with Crippen LogP contribution in [0.4, 0.5) is 5.82 Å². The summed E-state index contributed by atoms with van der Waals surface area (Å²) in [5.74, 6) is 0.291. The molecule has 0 bridgehead atoms. The summed E-state index contributed by atoms with van der Waals surface area (Å²) in [5, 5.41) is 0.264. The Balaban J connectivity index is 0.000000191. The zero-order valence-corrected chi connectivity index (χ0v) is 22.7. The minimum Gasteiger partial charge on any atom is -0.384 e. The highest BCUT2D eigenvalue weighted by molar-refractivity contribution is 9.10. The molecule has 7 nitrogen and oxygen atoms in total. The molecular formula is C22H16Br2ClN3O4S2. The van der Waals surface area contributed by atoms with Gasteiger partial charge in [-0.2, -0.15) is 0 Å². The van der Waals surface area contributed by atoms with Crippen molar-refractivity contribution in [3.8, 4) is 0 Å². The average Bonchev–Trinajstić information content (AvgIpc) is 2.81. The second-order valence-corrected chi connectivity index (χ2v) is 12.8. The van der Waals surface area contributed by atoms with Crippen LogP contribution in [0.2, 0.25) is 5.15 Å². The highest BCUT2D eigenvalue weighted by Crippen LogP contribution is 2.23. The van der Waals surface area contributed by atoms with Gasteiger partial charge in [0.1, 0.15) is 11.0 Å². The average molecular weight is 646 g/mol. The summed E-state index contributed by atoms with van der Waals surface area (Å²) >= 11 is 12.1. The maximum atomic E-state index is 12.2. The van der Waals surface area contributed by atoms with Gasteiger partial charge in [-0.3, -0.25) is 0 Å². The van der Waals surface area contributed by atoms with Crippen molar-refractivity contribution in [2.24, 2.45) is 0 Å². The van der Waals surface area contributed by atoms with Gasteiger partial charge in [-0.05, 0) is 72.8 Å². The Morgan fingerprint density at radius 2 is 0.971 bits per heavy atom. The highest BCUT2D eigenvalue weighted by atomic mass is 79.9. The molecule has 0 fully saturated rings. The van der Waals surface area contributed by atoms with Crippen molar-refractivity contribution in [1.29, 1.82) is 0 Å². The Morgan fingerprint density at radius 3 is 1.32 bits per heavy atom. The number of nitrogens with two attached hydrogens (primary N) is 1. The van der Waals surface area contributed by atoms with E-state index < -0.39 is 19.7 Å². The Kier molecular flexibility index (Phi) is 8.47. The normalized spacial score (nSPS) is 11.4. The van der Waals surface area contributed by atoms with Crippen LogP contribution in [0.25, 0.3) is 0 Å². The molecule has 0 spiro atoms. The monoisotopic (exact) mass is 643 g/mol. The first-order chi connectivity index (χ1) is 16.0. The second kappa shape index (κ2) is 11.0. The van der Waals surface area contributed by atoms with Crippen LogP contribution in [0, 0.1) is 0 Å². The van der Waals surface area contributed by atoms with Crippen LogP contribution in [0.5, 0.6) is 0 Å². The Hall–Kier alpha value is -2.31. The summed E-state index contributed by atoms with van der Waals surface area (Å²) in [6, 6.07) is 18.7. The number of nitrogen functional groups attached to an aromatic ring is 1. The van der Waals surface area contributed by atoms with Gasteiger partial charge >= 0.3 is 0 Å². The molecule has 34 heavy (non-hydrogen) atoms. The third-order valence-electron chi connectivity index (χ3n) is 4.33. The molecule has 0 saturated heterocycles. The van der Waals surface area contributed by atoms with Gasteiger partial charge in [-0.25, -0.2) is 26.8 Å². The van der Waals surface area contributed by atoms with Gasteiger partial charge in [-0.15, -0.1) is 0 Å². The molecule has 2 aromatic heterocycles. The van der Waals surface area contributed by atoms with Crippen molar-refractivity contribution >= 4 is 69.0 Å². The van der Waals surface area contributed by atoms with Crippen molar-refractivity contribution in [1.82, 2.24) is 9.97 Å². The topological polar surface area (TPSA) is 120 Å². The van der Waals surface area contributed by atoms with Crippen molar-refractivity contribution in [3.05, 3.63) is 99.3 Å². The first-order valence-electron chi connectivity index (χ1n) is 9.34.